The van der Waals surface area contributed by atoms with E-state index in [9.17, 15) is 17.4 Å². The van der Waals surface area contributed by atoms with Gasteiger partial charge in [0, 0.05) is 17.1 Å². The van der Waals surface area contributed by atoms with Crippen LogP contribution in [0.5, 0.6) is 0 Å². The molecule has 0 radical (unpaired) electrons. The molecule has 0 saturated heterocycles. The Kier molecular flexibility index (Phi) is 3.84. The van der Waals surface area contributed by atoms with E-state index in [0.29, 0.717) is 0 Å². The van der Waals surface area contributed by atoms with Crippen molar-refractivity contribution in [2.24, 2.45) is 0 Å². The Morgan fingerprint density at radius 2 is 1.89 bits per heavy atom. The van der Waals surface area contributed by atoms with Gasteiger partial charge >= 0.3 is 0 Å². The summed E-state index contributed by atoms with van der Waals surface area (Å²) in [5.74, 6) is -0.572. The average molecular weight is 160 g/mol. The van der Waals surface area contributed by atoms with E-state index < -0.39 is 29.1 Å². The smallest absolute Gasteiger partial charge is 0.260 e. The molecule has 0 heterocycles. The Morgan fingerprint density at radius 3 is 2.00 bits per heavy atom. The van der Waals surface area contributed by atoms with Gasteiger partial charge in [-0.3, -0.25) is 4.21 Å². The fraction of sp³-hybridized carbons (Fsp3) is 1.00. The van der Waals surface area contributed by atoms with Crippen LogP contribution in [0, 0.1) is 0 Å². The van der Waals surface area contributed by atoms with E-state index in [0.717, 1.165) is 0 Å². The Balaban J connectivity index is 3.50. The highest BCUT2D eigenvalue weighted by Crippen LogP contribution is 2.05. The van der Waals surface area contributed by atoms with E-state index in [4.69, 9.17) is 0 Å². The van der Waals surface area contributed by atoms with Crippen molar-refractivity contribution in [2.45, 2.75) is 12.6 Å². The van der Waals surface area contributed by atoms with Crippen LogP contribution in [0.3, 0.4) is 0 Å². The maximum atomic E-state index is 11.8. The summed E-state index contributed by atoms with van der Waals surface area (Å²) in [5.41, 5.74) is 0. The van der Waals surface area contributed by atoms with Crippen molar-refractivity contribution >= 4 is 10.8 Å². The number of alkyl halides is 3. The summed E-state index contributed by atoms with van der Waals surface area (Å²) < 4.78 is 44.5. The van der Waals surface area contributed by atoms with E-state index in [1.165, 1.54) is 6.26 Å². The molecule has 2 unspecified atom stereocenters. The van der Waals surface area contributed by atoms with Crippen LogP contribution >= 0.6 is 0 Å². The summed E-state index contributed by atoms with van der Waals surface area (Å²) in [4.78, 5) is 0. The molecular weight excluding hydrogens is 153 g/mol. The van der Waals surface area contributed by atoms with Gasteiger partial charge in [-0.05, 0) is 0 Å². The summed E-state index contributed by atoms with van der Waals surface area (Å²) in [7, 11) is -1.47. The van der Waals surface area contributed by atoms with Crippen LogP contribution < -0.4 is 0 Å². The second kappa shape index (κ2) is 3.87. The molecule has 0 bridgehead atoms. The lowest BCUT2D eigenvalue weighted by molar-refractivity contribution is 0.0624. The number of halogens is 3. The van der Waals surface area contributed by atoms with E-state index in [2.05, 4.69) is 0 Å². The number of hydrogen-bond acceptors (Lipinski definition) is 1. The molecule has 0 aromatic rings. The zero-order valence-electron chi connectivity index (χ0n) is 4.81. The molecule has 0 N–H and O–H groups in total. The maximum absolute atomic E-state index is 11.8. The molecule has 0 rings (SSSR count). The minimum Gasteiger partial charge on any atom is -0.260 e. The molecule has 0 spiro atoms. The van der Waals surface area contributed by atoms with Gasteiger partial charge in [-0.25, -0.2) is 13.2 Å². The van der Waals surface area contributed by atoms with Crippen molar-refractivity contribution in [3.63, 3.8) is 0 Å². The normalized spacial score (nSPS) is 17.9. The van der Waals surface area contributed by atoms with Crippen LogP contribution in [0.2, 0.25) is 0 Å². The van der Waals surface area contributed by atoms with Gasteiger partial charge in [-0.2, -0.15) is 0 Å². The quantitative estimate of drug-likeness (QED) is 0.601. The lowest BCUT2D eigenvalue weighted by Gasteiger charge is -2.02. The van der Waals surface area contributed by atoms with E-state index in [1.807, 2.05) is 0 Å². The molecule has 0 amide bonds. The third-order valence-electron chi connectivity index (χ3n) is 0.667. The molecule has 0 aliphatic heterocycles. The minimum atomic E-state index is -3.01. The van der Waals surface area contributed by atoms with Crippen molar-refractivity contribution in [2.75, 3.05) is 12.0 Å². The summed E-state index contributed by atoms with van der Waals surface area (Å²) in [5, 5.41) is 0. The predicted octanol–water partition coefficient (Wildman–Crippen LogP) is 0.968. The first-order valence-electron chi connectivity index (χ1n) is 2.26. The second-order valence-electron chi connectivity index (χ2n) is 1.59. The van der Waals surface area contributed by atoms with Crippen LogP contribution in [0.4, 0.5) is 13.2 Å². The van der Waals surface area contributed by atoms with E-state index in [1.54, 1.807) is 0 Å². The van der Waals surface area contributed by atoms with Gasteiger partial charge in [0.1, 0.15) is 0 Å². The molecule has 56 valence electrons. The van der Waals surface area contributed by atoms with Crippen LogP contribution in [0.1, 0.15) is 0 Å². The van der Waals surface area contributed by atoms with Crippen molar-refractivity contribution < 1.29 is 17.4 Å². The Morgan fingerprint density at radius 1 is 1.44 bits per heavy atom. The Labute approximate surface area is 53.7 Å². The van der Waals surface area contributed by atoms with Crippen molar-refractivity contribution in [3.8, 4) is 0 Å². The molecule has 0 aromatic carbocycles. The lowest BCUT2D eigenvalue weighted by Crippen LogP contribution is -2.19. The summed E-state index contributed by atoms with van der Waals surface area (Å²) in [6.45, 7) is 0. The summed E-state index contributed by atoms with van der Waals surface area (Å²) >= 11 is 0. The third-order valence-corrected chi connectivity index (χ3v) is 1.46. The van der Waals surface area contributed by atoms with Crippen LogP contribution in [0.15, 0.2) is 0 Å². The fourth-order valence-electron chi connectivity index (χ4n) is 0.297. The van der Waals surface area contributed by atoms with Gasteiger partial charge in [-0.15, -0.1) is 0 Å². The van der Waals surface area contributed by atoms with Gasteiger partial charge in [0.25, 0.3) is 6.43 Å². The molecule has 0 aromatic heterocycles. The fourth-order valence-corrected chi connectivity index (χ4v) is 0.891. The van der Waals surface area contributed by atoms with Gasteiger partial charge in [0.2, 0.25) is 0 Å². The largest absolute Gasteiger partial charge is 0.270 e. The molecule has 0 aliphatic rings. The maximum Gasteiger partial charge on any atom is 0.270 e. The molecule has 5 heteroatoms. The molecule has 0 aliphatic carbocycles. The van der Waals surface area contributed by atoms with E-state index in [-0.39, 0.29) is 0 Å². The standard InChI is InChI=1S/C4H7F3OS/c1-9(8)2-3(5)4(6)7/h3-4H,2H2,1H3. The highest BCUT2D eigenvalue weighted by Gasteiger charge is 2.19. The van der Waals surface area contributed by atoms with Crippen molar-refractivity contribution in [3.05, 3.63) is 0 Å². The van der Waals surface area contributed by atoms with Gasteiger partial charge < -0.3 is 0 Å². The predicted molar refractivity (Wildman–Crippen MR) is 29.8 cm³/mol. The zero-order valence-corrected chi connectivity index (χ0v) is 5.63. The highest BCUT2D eigenvalue weighted by atomic mass is 32.2. The molecule has 0 saturated carbocycles. The lowest BCUT2D eigenvalue weighted by atomic mass is 10.5. The van der Waals surface area contributed by atoms with Crippen molar-refractivity contribution in [1.82, 2.24) is 0 Å². The van der Waals surface area contributed by atoms with Crippen molar-refractivity contribution in [1.29, 1.82) is 0 Å². The topological polar surface area (TPSA) is 17.1 Å². The molecule has 1 nitrogen and oxygen atoms in total. The van der Waals surface area contributed by atoms with Crippen LogP contribution in [0.25, 0.3) is 0 Å². The molecule has 2 atom stereocenters. The van der Waals surface area contributed by atoms with E-state index >= 15 is 0 Å². The van der Waals surface area contributed by atoms with Crippen LogP contribution in [-0.2, 0) is 10.8 Å². The summed E-state index contributed by atoms with van der Waals surface area (Å²) in [6, 6.07) is 0. The minimum absolute atomic E-state index is 0.572. The Bertz CT molecular complexity index is 106. The Hall–Kier alpha value is -0.0600. The monoisotopic (exact) mass is 160 g/mol. The number of hydrogen-bond donors (Lipinski definition) is 0. The highest BCUT2D eigenvalue weighted by molar-refractivity contribution is 7.84. The first-order chi connectivity index (χ1) is 4.04. The van der Waals surface area contributed by atoms with Gasteiger partial charge in [-0.1, -0.05) is 0 Å². The SMILES string of the molecule is CS(=O)CC(F)C(F)F. The van der Waals surface area contributed by atoms with Gasteiger partial charge in [0.15, 0.2) is 6.17 Å². The van der Waals surface area contributed by atoms with Crippen LogP contribution in [-0.4, -0.2) is 28.8 Å². The third kappa shape index (κ3) is 4.44. The van der Waals surface area contributed by atoms with Gasteiger partial charge in [0.05, 0.1) is 5.75 Å². The second-order valence-corrected chi connectivity index (χ2v) is 3.07. The molecule has 0 fully saturated rings. The first-order valence-corrected chi connectivity index (χ1v) is 3.99. The average Bonchev–Trinajstić information content (AvgIpc) is 1.63. The summed E-state index contributed by atoms with van der Waals surface area (Å²) in [6.07, 6.45) is -4.06. The molecule has 9 heavy (non-hydrogen) atoms. The number of rotatable bonds is 3. The zero-order chi connectivity index (χ0) is 7.44. The first kappa shape index (κ1) is 8.94. The molecular formula is C4H7F3OS.